The third kappa shape index (κ3) is 8.85. The fourth-order valence-electron chi connectivity index (χ4n) is 2.61. The van der Waals surface area contributed by atoms with Crippen LogP contribution in [0.4, 0.5) is 16.4 Å². The number of nitrogens with two attached hydrogens (primary N) is 6. The lowest BCUT2D eigenvalue weighted by atomic mass is 10.2. The number of carbonyl (C=O) groups is 2. The summed E-state index contributed by atoms with van der Waals surface area (Å²) in [6.07, 6.45) is 3.19. The predicted molar refractivity (Wildman–Crippen MR) is 126 cm³/mol. The van der Waals surface area contributed by atoms with Gasteiger partial charge in [0.05, 0.1) is 19.6 Å². The van der Waals surface area contributed by atoms with E-state index >= 15 is 0 Å². The van der Waals surface area contributed by atoms with Crippen molar-refractivity contribution in [3.63, 3.8) is 0 Å². The molecule has 2 heterocycles. The smallest absolute Gasteiger partial charge is 0.324 e. The van der Waals surface area contributed by atoms with Gasteiger partial charge in [-0.25, -0.2) is 9.78 Å². The van der Waals surface area contributed by atoms with Gasteiger partial charge in [0.2, 0.25) is 0 Å². The summed E-state index contributed by atoms with van der Waals surface area (Å²) in [5, 5.41) is 8.31. The van der Waals surface area contributed by atoms with Gasteiger partial charge < -0.3 is 20.9 Å². The Morgan fingerprint density at radius 2 is 1.64 bits per heavy atom. The Balaban J connectivity index is 2.38. The highest BCUT2D eigenvalue weighted by Crippen LogP contribution is 2.18. The van der Waals surface area contributed by atoms with E-state index in [1.165, 1.54) is 18.2 Å². The Hall–Kier alpha value is -3.53. The van der Waals surface area contributed by atoms with E-state index in [4.69, 9.17) is 34.4 Å². The van der Waals surface area contributed by atoms with Crippen molar-refractivity contribution in [1.29, 1.82) is 0 Å². The molecule has 0 radical (unpaired) electrons. The summed E-state index contributed by atoms with van der Waals surface area (Å²) in [6.45, 7) is 3.63. The zero-order valence-corrected chi connectivity index (χ0v) is 18.2. The Morgan fingerprint density at radius 3 is 2.09 bits per heavy atom. The van der Waals surface area contributed by atoms with Crippen LogP contribution in [-0.4, -0.2) is 58.0 Å². The molecule has 14 nitrogen and oxygen atoms in total. The predicted octanol–water partition coefficient (Wildman–Crippen LogP) is -2.17. The van der Waals surface area contributed by atoms with E-state index in [0.717, 1.165) is 4.90 Å². The molecule has 2 rings (SSSR count). The first-order valence-corrected chi connectivity index (χ1v) is 9.94. The number of carbonyl (C=O) groups excluding carboxylic acids is 2. The van der Waals surface area contributed by atoms with Crippen molar-refractivity contribution in [2.75, 3.05) is 30.3 Å². The van der Waals surface area contributed by atoms with Crippen LogP contribution in [0.3, 0.4) is 0 Å². The van der Waals surface area contributed by atoms with Crippen LogP contribution in [0.1, 0.15) is 16.1 Å². The summed E-state index contributed by atoms with van der Waals surface area (Å²) in [5.74, 6) is -3.21. The van der Waals surface area contributed by atoms with Crippen LogP contribution in [0.15, 0.2) is 43.1 Å². The topological polar surface area (TPSA) is 258 Å². The number of aromatic amines is 1. The Morgan fingerprint density at radius 1 is 1.06 bits per heavy atom. The lowest BCUT2D eigenvalue weighted by molar-refractivity contribution is 0.0790. The monoisotopic (exact) mass is 460 g/mol. The van der Waals surface area contributed by atoms with Crippen LogP contribution < -0.4 is 50.4 Å². The zero-order chi connectivity index (χ0) is 24.6. The molecule has 0 atom stereocenters. The minimum Gasteiger partial charge on any atom is -0.365 e. The number of urea groups is 1. The van der Waals surface area contributed by atoms with Crippen LogP contribution in [0, 0.1) is 0 Å². The van der Waals surface area contributed by atoms with Crippen LogP contribution in [0.25, 0.3) is 0 Å². The SMILES string of the molecule is C=CCNC(=O)N(Cc1ccc[nH]1)C(=O)c1cc(NCC(N)(N)N)nc(NCC(N)(N)N)c1. The van der Waals surface area contributed by atoms with Crippen LogP contribution in [0.2, 0.25) is 0 Å². The number of pyridine rings is 1. The van der Waals surface area contributed by atoms with Gasteiger partial charge in [-0.2, -0.15) is 0 Å². The van der Waals surface area contributed by atoms with Gasteiger partial charge in [-0.05, 0) is 24.3 Å². The first kappa shape index (κ1) is 25.7. The largest absolute Gasteiger partial charge is 0.365 e. The molecule has 180 valence electrons. The second-order valence-electron chi connectivity index (χ2n) is 7.62. The molecular weight excluding hydrogens is 428 g/mol. The molecule has 0 aliphatic rings. The van der Waals surface area contributed by atoms with E-state index in [1.807, 2.05) is 0 Å². The molecule has 2 aromatic rings. The second kappa shape index (κ2) is 10.9. The Labute approximate surface area is 191 Å². The van der Waals surface area contributed by atoms with E-state index in [1.54, 1.807) is 18.3 Å². The summed E-state index contributed by atoms with van der Waals surface area (Å²) in [4.78, 5) is 34.4. The van der Waals surface area contributed by atoms with Crippen molar-refractivity contribution >= 4 is 23.6 Å². The number of hydrogen-bond donors (Lipinski definition) is 10. The van der Waals surface area contributed by atoms with Crippen LogP contribution in [0.5, 0.6) is 0 Å². The van der Waals surface area contributed by atoms with Gasteiger partial charge in [0, 0.05) is 24.0 Å². The quantitative estimate of drug-likeness (QED) is 0.127. The van der Waals surface area contributed by atoms with Crippen molar-refractivity contribution in [2.45, 2.75) is 18.1 Å². The number of imide groups is 1. The maximum absolute atomic E-state index is 13.4. The molecule has 0 fully saturated rings. The van der Waals surface area contributed by atoms with E-state index in [-0.39, 0.29) is 43.4 Å². The second-order valence-corrected chi connectivity index (χ2v) is 7.62. The highest BCUT2D eigenvalue weighted by atomic mass is 16.2. The number of amides is 3. The average molecular weight is 461 g/mol. The molecule has 0 aromatic carbocycles. The van der Waals surface area contributed by atoms with E-state index in [2.05, 4.69) is 32.5 Å². The zero-order valence-electron chi connectivity index (χ0n) is 18.2. The minimum atomic E-state index is -1.53. The molecule has 33 heavy (non-hydrogen) atoms. The Kier molecular flexibility index (Phi) is 8.47. The van der Waals surface area contributed by atoms with E-state index in [9.17, 15) is 9.59 Å². The highest BCUT2D eigenvalue weighted by Gasteiger charge is 2.25. The molecule has 2 aromatic heterocycles. The summed E-state index contributed by atoms with van der Waals surface area (Å²) in [7, 11) is 0. The summed E-state index contributed by atoms with van der Waals surface area (Å²) in [6, 6.07) is 5.77. The molecule has 3 amide bonds. The lowest BCUT2D eigenvalue weighted by Gasteiger charge is -2.23. The van der Waals surface area contributed by atoms with Crippen molar-refractivity contribution in [3.8, 4) is 0 Å². The first-order valence-electron chi connectivity index (χ1n) is 9.94. The standard InChI is InChI=1S/C19H32N12O2/c1-2-5-27-17(33)31(9-13-4-3-6-26-13)16(32)12-7-14(28-10-18(20,21)22)30-15(8-12)29-11-19(23,24)25/h2-4,6-8,26H,1,5,9-11,20-25H2,(H,27,33)(H2,28,29,30). The lowest BCUT2D eigenvalue weighted by Crippen LogP contribution is -2.62. The van der Waals surface area contributed by atoms with Gasteiger partial charge in [0.15, 0.2) is 0 Å². The molecule has 0 aliphatic heterocycles. The number of anilines is 2. The summed E-state index contributed by atoms with van der Waals surface area (Å²) >= 11 is 0. The van der Waals surface area contributed by atoms with Crippen LogP contribution >= 0.6 is 0 Å². The number of hydrogen-bond acceptors (Lipinski definition) is 11. The van der Waals surface area contributed by atoms with Gasteiger partial charge >= 0.3 is 6.03 Å². The average Bonchev–Trinajstić information content (AvgIpc) is 3.24. The molecule has 0 bridgehead atoms. The first-order chi connectivity index (χ1) is 15.4. The van der Waals surface area contributed by atoms with Crippen molar-refractivity contribution < 1.29 is 9.59 Å². The number of nitrogens with one attached hydrogen (secondary N) is 4. The summed E-state index contributed by atoms with van der Waals surface area (Å²) in [5.41, 5.74) is 34.4. The van der Waals surface area contributed by atoms with Gasteiger partial charge in [-0.15, -0.1) is 6.58 Å². The summed E-state index contributed by atoms with van der Waals surface area (Å²) < 4.78 is 0. The molecule has 0 aliphatic carbocycles. The number of rotatable bonds is 11. The molecule has 0 saturated carbocycles. The maximum atomic E-state index is 13.4. The third-order valence-corrected chi connectivity index (χ3v) is 4.10. The number of nitrogens with zero attached hydrogens (tertiary/aromatic N) is 2. The number of H-pyrrole nitrogens is 1. The fraction of sp³-hybridized carbons (Fsp3) is 0.316. The van der Waals surface area contributed by atoms with Crippen LogP contribution in [-0.2, 0) is 6.54 Å². The van der Waals surface area contributed by atoms with Crippen molar-refractivity contribution in [2.24, 2.45) is 34.4 Å². The molecule has 0 saturated heterocycles. The van der Waals surface area contributed by atoms with Crippen molar-refractivity contribution in [3.05, 3.63) is 54.4 Å². The third-order valence-electron chi connectivity index (χ3n) is 4.10. The molecule has 0 spiro atoms. The van der Waals surface area contributed by atoms with E-state index in [0.29, 0.717) is 5.69 Å². The number of aromatic nitrogens is 2. The Bertz CT molecular complexity index is 910. The molecular formula is C19H32N12O2. The molecule has 14 heteroatoms. The van der Waals surface area contributed by atoms with E-state index < -0.39 is 23.5 Å². The molecule has 16 N–H and O–H groups in total. The normalized spacial score (nSPS) is 11.6. The minimum absolute atomic E-state index is 0.00230. The van der Waals surface area contributed by atoms with Gasteiger partial charge in [0.1, 0.15) is 23.2 Å². The fourth-order valence-corrected chi connectivity index (χ4v) is 2.61. The van der Waals surface area contributed by atoms with Crippen molar-refractivity contribution in [1.82, 2.24) is 20.2 Å². The maximum Gasteiger partial charge on any atom is 0.324 e. The van der Waals surface area contributed by atoms with Gasteiger partial charge in [-0.1, -0.05) is 6.08 Å². The van der Waals surface area contributed by atoms with Gasteiger partial charge in [0.25, 0.3) is 5.91 Å². The molecule has 0 unspecified atom stereocenters. The van der Waals surface area contributed by atoms with Gasteiger partial charge in [-0.3, -0.25) is 44.1 Å². The highest BCUT2D eigenvalue weighted by molar-refractivity contribution is 6.05.